The fraction of sp³-hybridized carbons (Fsp3) is 0.143. The van der Waals surface area contributed by atoms with E-state index in [1.165, 1.54) is 7.11 Å². The summed E-state index contributed by atoms with van der Waals surface area (Å²) in [5, 5.41) is 18.3. The molecule has 2 aliphatic rings. The summed E-state index contributed by atoms with van der Waals surface area (Å²) in [6.07, 6.45) is 0. The second kappa shape index (κ2) is 6.56. The Kier molecular flexibility index (Phi) is 3.99. The fourth-order valence-corrected chi connectivity index (χ4v) is 3.91. The van der Waals surface area contributed by atoms with Crippen molar-refractivity contribution < 1.29 is 23.9 Å². The minimum atomic E-state index is -0.523. The highest BCUT2D eigenvalue weighted by molar-refractivity contribution is 6.30. The number of ether oxygens (including phenoxy) is 2. The molecule has 0 saturated heterocycles. The summed E-state index contributed by atoms with van der Waals surface area (Å²) in [6, 6.07) is 12.2. The van der Waals surface area contributed by atoms with Crippen LogP contribution in [0.3, 0.4) is 0 Å². The Morgan fingerprint density at radius 2 is 2.03 bits per heavy atom. The second-order valence-electron chi connectivity index (χ2n) is 6.74. The number of cyclic esters (lactones) is 1. The normalized spacial score (nSPS) is 17.4. The zero-order valence-corrected chi connectivity index (χ0v) is 16.0. The average molecular weight is 411 g/mol. The van der Waals surface area contributed by atoms with Crippen molar-refractivity contribution in [3.8, 4) is 22.8 Å². The first-order valence-electron chi connectivity index (χ1n) is 8.86. The van der Waals surface area contributed by atoms with E-state index in [0.29, 0.717) is 44.7 Å². The molecule has 3 heterocycles. The van der Waals surface area contributed by atoms with Crippen molar-refractivity contribution in [1.82, 2.24) is 5.16 Å². The predicted molar refractivity (Wildman–Crippen MR) is 105 cm³/mol. The number of rotatable bonds is 3. The minimum absolute atomic E-state index is 0.0249. The van der Waals surface area contributed by atoms with Crippen molar-refractivity contribution in [2.24, 2.45) is 0 Å². The van der Waals surface area contributed by atoms with E-state index in [4.69, 9.17) is 25.6 Å². The van der Waals surface area contributed by atoms with E-state index in [9.17, 15) is 9.90 Å². The van der Waals surface area contributed by atoms with Crippen LogP contribution >= 0.6 is 11.6 Å². The van der Waals surface area contributed by atoms with Crippen LogP contribution in [0.4, 0.5) is 5.88 Å². The van der Waals surface area contributed by atoms with Gasteiger partial charge >= 0.3 is 5.97 Å². The number of nitrogens with one attached hydrogen (secondary N) is 1. The summed E-state index contributed by atoms with van der Waals surface area (Å²) in [7, 11) is 1.48. The molecule has 8 heteroatoms. The first kappa shape index (κ1) is 17.6. The summed E-state index contributed by atoms with van der Waals surface area (Å²) < 4.78 is 16.0. The minimum Gasteiger partial charge on any atom is -0.504 e. The maximum absolute atomic E-state index is 12.5. The number of hydrogen-bond donors (Lipinski definition) is 2. The third-order valence-electron chi connectivity index (χ3n) is 5.12. The monoisotopic (exact) mass is 410 g/mol. The molecule has 5 rings (SSSR count). The van der Waals surface area contributed by atoms with Gasteiger partial charge in [0.05, 0.1) is 29.9 Å². The van der Waals surface area contributed by atoms with Crippen LogP contribution in [0.5, 0.6) is 11.5 Å². The molecule has 146 valence electrons. The van der Waals surface area contributed by atoms with Crippen LogP contribution in [-0.2, 0) is 9.53 Å². The Balaban J connectivity index is 1.72. The molecular weight excluding hydrogens is 396 g/mol. The smallest absolute Gasteiger partial charge is 0.337 e. The molecule has 0 saturated carbocycles. The lowest BCUT2D eigenvalue weighted by molar-refractivity contribution is -0.136. The molecule has 1 unspecified atom stereocenters. The van der Waals surface area contributed by atoms with Gasteiger partial charge in [0, 0.05) is 10.6 Å². The molecule has 0 radical (unpaired) electrons. The Bertz CT molecular complexity index is 1170. The zero-order valence-electron chi connectivity index (χ0n) is 15.2. The summed E-state index contributed by atoms with van der Waals surface area (Å²) in [5.74, 6) is -0.184. The van der Waals surface area contributed by atoms with Gasteiger partial charge in [-0.15, -0.1) is 0 Å². The van der Waals surface area contributed by atoms with Crippen molar-refractivity contribution in [1.29, 1.82) is 0 Å². The van der Waals surface area contributed by atoms with Crippen LogP contribution < -0.4 is 10.1 Å². The molecule has 0 bridgehead atoms. The number of halogens is 1. The molecule has 2 aromatic carbocycles. The van der Waals surface area contributed by atoms with Crippen LogP contribution in [0.1, 0.15) is 17.0 Å². The molecule has 2 N–H and O–H groups in total. The number of esters is 1. The molecule has 0 aliphatic carbocycles. The first-order chi connectivity index (χ1) is 14.1. The topological polar surface area (TPSA) is 93.8 Å². The molecular formula is C21H15ClN2O5. The molecule has 7 nitrogen and oxygen atoms in total. The highest BCUT2D eigenvalue weighted by atomic mass is 35.5. The summed E-state index contributed by atoms with van der Waals surface area (Å²) >= 11 is 6.01. The van der Waals surface area contributed by atoms with Crippen molar-refractivity contribution in [3.63, 3.8) is 0 Å². The Hall–Kier alpha value is -3.45. The Morgan fingerprint density at radius 3 is 2.76 bits per heavy atom. The maximum Gasteiger partial charge on any atom is 0.337 e. The van der Waals surface area contributed by atoms with Crippen molar-refractivity contribution in [2.45, 2.75) is 5.92 Å². The van der Waals surface area contributed by atoms with Gasteiger partial charge in [-0.2, -0.15) is 0 Å². The second-order valence-corrected chi connectivity index (χ2v) is 7.17. The van der Waals surface area contributed by atoms with E-state index in [1.807, 2.05) is 12.1 Å². The number of benzene rings is 2. The van der Waals surface area contributed by atoms with Crippen molar-refractivity contribution >= 4 is 23.5 Å². The van der Waals surface area contributed by atoms with Gasteiger partial charge in [0.1, 0.15) is 12.3 Å². The predicted octanol–water partition coefficient (Wildman–Crippen LogP) is 4.08. The van der Waals surface area contributed by atoms with E-state index in [-0.39, 0.29) is 12.4 Å². The lowest BCUT2D eigenvalue weighted by Gasteiger charge is -2.24. The van der Waals surface area contributed by atoms with Crippen LogP contribution in [-0.4, -0.2) is 29.9 Å². The highest BCUT2D eigenvalue weighted by Crippen LogP contribution is 2.49. The van der Waals surface area contributed by atoms with Crippen LogP contribution in [0.15, 0.2) is 58.3 Å². The van der Waals surface area contributed by atoms with Gasteiger partial charge in [-0.3, -0.25) is 0 Å². The fourth-order valence-electron chi connectivity index (χ4n) is 3.78. The number of hydrogen-bond acceptors (Lipinski definition) is 7. The largest absolute Gasteiger partial charge is 0.504 e. The van der Waals surface area contributed by atoms with E-state index < -0.39 is 11.9 Å². The van der Waals surface area contributed by atoms with Crippen LogP contribution in [0, 0.1) is 0 Å². The van der Waals surface area contributed by atoms with E-state index >= 15 is 0 Å². The molecule has 0 spiro atoms. The maximum atomic E-state index is 12.5. The number of nitrogens with zero attached hydrogens (tertiary/aromatic N) is 1. The summed E-state index contributed by atoms with van der Waals surface area (Å²) in [4.78, 5) is 12.5. The van der Waals surface area contributed by atoms with Crippen molar-refractivity contribution in [3.05, 3.63) is 69.9 Å². The summed E-state index contributed by atoms with van der Waals surface area (Å²) in [5.41, 5.74) is 3.85. The number of fused-ring (bicyclic) bond motifs is 1. The van der Waals surface area contributed by atoms with Gasteiger partial charge in [-0.25, -0.2) is 4.79 Å². The Labute approximate surface area is 170 Å². The number of aromatic nitrogens is 1. The SMILES string of the molecule is COc1ccc(C2C3=C(COC3=O)Nc3onc(-c4ccc(Cl)cc4)c32)cc1O. The highest BCUT2D eigenvalue weighted by Gasteiger charge is 2.42. The lowest BCUT2D eigenvalue weighted by Crippen LogP contribution is -2.19. The molecule has 1 atom stereocenters. The zero-order chi connectivity index (χ0) is 20.1. The third kappa shape index (κ3) is 2.74. The van der Waals surface area contributed by atoms with Gasteiger partial charge in [0.15, 0.2) is 11.5 Å². The van der Waals surface area contributed by atoms with Gasteiger partial charge in [-0.1, -0.05) is 35.0 Å². The van der Waals surface area contributed by atoms with Crippen LogP contribution in [0.25, 0.3) is 11.3 Å². The Morgan fingerprint density at radius 1 is 1.24 bits per heavy atom. The summed E-state index contributed by atoms with van der Waals surface area (Å²) in [6.45, 7) is 0.128. The van der Waals surface area contributed by atoms with E-state index in [2.05, 4.69) is 10.5 Å². The van der Waals surface area contributed by atoms with E-state index in [1.54, 1.807) is 30.3 Å². The first-order valence-corrected chi connectivity index (χ1v) is 9.24. The third-order valence-corrected chi connectivity index (χ3v) is 5.37. The van der Waals surface area contributed by atoms with Gasteiger partial charge < -0.3 is 24.4 Å². The van der Waals surface area contributed by atoms with Gasteiger partial charge in [0.2, 0.25) is 5.88 Å². The standard InChI is InChI=1S/C21H15ClN2O5/c1-27-15-7-4-11(8-14(15)25)16-17-13(9-28-21(17)26)23-20-18(16)19(24-29-20)10-2-5-12(22)6-3-10/h2-8,16,23,25H,9H2,1H3. The number of phenolic OH excluding ortho intramolecular Hbond substituents is 1. The molecule has 0 fully saturated rings. The molecule has 2 aliphatic heterocycles. The number of carbonyl (C=O) groups excluding carboxylic acids is 1. The molecule has 3 aromatic rings. The van der Waals surface area contributed by atoms with Gasteiger partial charge in [-0.05, 0) is 29.8 Å². The molecule has 29 heavy (non-hydrogen) atoms. The number of aromatic hydroxyl groups is 1. The number of phenols is 1. The molecule has 0 amide bonds. The van der Waals surface area contributed by atoms with Crippen LogP contribution in [0.2, 0.25) is 5.02 Å². The number of carbonyl (C=O) groups is 1. The van der Waals surface area contributed by atoms with E-state index in [0.717, 1.165) is 5.56 Å². The average Bonchev–Trinajstić information content (AvgIpc) is 3.31. The lowest BCUT2D eigenvalue weighted by atomic mass is 9.81. The van der Waals surface area contributed by atoms with Gasteiger partial charge in [0.25, 0.3) is 0 Å². The quantitative estimate of drug-likeness (QED) is 0.628. The van der Waals surface area contributed by atoms with Crippen molar-refractivity contribution in [2.75, 3.05) is 19.0 Å². The number of anilines is 1. The molecule has 1 aromatic heterocycles. The number of methoxy groups -OCH3 is 1.